The Balaban J connectivity index is 1.19. The number of nitrogens with one attached hydrogen (secondary N) is 3. The maximum absolute atomic E-state index is 13.4. The first-order valence-corrected chi connectivity index (χ1v) is 14.4. The van der Waals surface area contributed by atoms with Gasteiger partial charge in [0.25, 0.3) is 0 Å². The van der Waals surface area contributed by atoms with Gasteiger partial charge >= 0.3 is 5.97 Å². The molecule has 214 valence electrons. The summed E-state index contributed by atoms with van der Waals surface area (Å²) >= 11 is 0. The third-order valence-corrected chi connectivity index (χ3v) is 9.30. The topological polar surface area (TPSA) is 177 Å². The number of hydrogen-bond donors (Lipinski definition) is 4. The molecule has 8 atom stereocenters. The van der Waals surface area contributed by atoms with Gasteiger partial charge in [0.05, 0.1) is 12.3 Å². The van der Waals surface area contributed by atoms with Crippen molar-refractivity contribution in [1.82, 2.24) is 20.9 Å². The van der Waals surface area contributed by atoms with Crippen LogP contribution in [-0.4, -0.2) is 77.2 Å². The van der Waals surface area contributed by atoms with Crippen molar-refractivity contribution in [2.75, 3.05) is 6.54 Å². The largest absolute Gasteiger partial charge is 0.462 e. The van der Waals surface area contributed by atoms with Gasteiger partial charge < -0.3 is 31.3 Å². The van der Waals surface area contributed by atoms with E-state index in [4.69, 9.17) is 10.5 Å². The van der Waals surface area contributed by atoms with Crippen LogP contribution in [-0.2, 0) is 33.5 Å². The molecule has 0 radical (unpaired) electrons. The number of carbonyl (C=O) groups excluding carboxylic acids is 6. The molecular formula is C27H39N5O7. The van der Waals surface area contributed by atoms with Crippen LogP contribution < -0.4 is 21.7 Å². The number of nitrogens with two attached hydrogens (primary N) is 1. The van der Waals surface area contributed by atoms with E-state index in [1.807, 2.05) is 0 Å². The molecule has 2 saturated carbocycles. The molecular weight excluding hydrogens is 506 g/mol. The van der Waals surface area contributed by atoms with Crippen molar-refractivity contribution in [2.24, 2.45) is 23.5 Å². The Morgan fingerprint density at radius 1 is 0.974 bits per heavy atom. The second kappa shape index (κ2) is 11.5. The molecule has 5 rings (SSSR count). The summed E-state index contributed by atoms with van der Waals surface area (Å²) in [5, 5.41) is 8.19. The minimum Gasteiger partial charge on any atom is -0.462 e. The molecule has 0 spiro atoms. The second-order valence-corrected chi connectivity index (χ2v) is 11.8. The van der Waals surface area contributed by atoms with Crippen LogP contribution in [0.25, 0.3) is 0 Å². The van der Waals surface area contributed by atoms with Crippen LogP contribution >= 0.6 is 0 Å². The maximum Gasteiger partial charge on any atom is 0.309 e. The zero-order chi connectivity index (χ0) is 27.7. The van der Waals surface area contributed by atoms with Crippen molar-refractivity contribution in [2.45, 2.75) is 107 Å². The Morgan fingerprint density at radius 3 is 2.51 bits per heavy atom. The molecule has 39 heavy (non-hydrogen) atoms. The van der Waals surface area contributed by atoms with Crippen LogP contribution in [0.2, 0.25) is 0 Å². The van der Waals surface area contributed by atoms with E-state index in [-0.39, 0.29) is 42.3 Å². The fourth-order valence-electron chi connectivity index (χ4n) is 7.40. The van der Waals surface area contributed by atoms with Crippen LogP contribution in [0.4, 0.5) is 0 Å². The van der Waals surface area contributed by atoms with Crippen LogP contribution in [0, 0.1) is 17.8 Å². The van der Waals surface area contributed by atoms with Gasteiger partial charge in [-0.15, -0.1) is 0 Å². The first-order valence-electron chi connectivity index (χ1n) is 14.4. The zero-order valence-corrected chi connectivity index (χ0v) is 22.2. The first kappa shape index (κ1) is 27.4. The molecule has 0 aromatic rings. The van der Waals surface area contributed by atoms with Crippen LogP contribution in [0.15, 0.2) is 0 Å². The molecule has 0 aromatic carbocycles. The molecule has 5 fully saturated rings. The molecule has 12 heteroatoms. The predicted molar refractivity (Wildman–Crippen MR) is 136 cm³/mol. The Bertz CT molecular complexity index is 1030. The van der Waals surface area contributed by atoms with Gasteiger partial charge in [-0.05, 0) is 56.8 Å². The van der Waals surface area contributed by atoms with E-state index in [0.717, 1.165) is 38.5 Å². The van der Waals surface area contributed by atoms with E-state index in [0.29, 0.717) is 44.1 Å². The summed E-state index contributed by atoms with van der Waals surface area (Å²) in [4.78, 5) is 76.7. The average Bonchev–Trinajstić information content (AvgIpc) is 3.57. The van der Waals surface area contributed by atoms with Gasteiger partial charge in [-0.3, -0.25) is 28.8 Å². The summed E-state index contributed by atoms with van der Waals surface area (Å²) in [6, 6.07) is -2.88. The Morgan fingerprint density at radius 2 is 1.77 bits per heavy atom. The summed E-state index contributed by atoms with van der Waals surface area (Å²) in [6.45, 7) is 0.318. The van der Waals surface area contributed by atoms with Crippen molar-refractivity contribution < 1.29 is 33.5 Å². The number of fused-ring (bicyclic) bond motifs is 3. The van der Waals surface area contributed by atoms with Crippen LogP contribution in [0.3, 0.4) is 0 Å². The molecule has 2 aliphatic carbocycles. The van der Waals surface area contributed by atoms with Gasteiger partial charge in [-0.25, -0.2) is 0 Å². The minimum atomic E-state index is -1.22. The number of hydrogen-bond acceptors (Lipinski definition) is 7. The number of primary amides is 1. The normalized spacial score (nSPS) is 34.7. The third-order valence-electron chi connectivity index (χ3n) is 9.30. The van der Waals surface area contributed by atoms with E-state index in [9.17, 15) is 28.8 Å². The van der Waals surface area contributed by atoms with E-state index in [2.05, 4.69) is 16.0 Å². The molecule has 0 aromatic heterocycles. The number of amides is 5. The van der Waals surface area contributed by atoms with E-state index in [1.54, 1.807) is 0 Å². The number of likely N-dealkylation sites (tertiary alicyclic amines) is 1. The zero-order valence-electron chi connectivity index (χ0n) is 22.2. The van der Waals surface area contributed by atoms with Crippen molar-refractivity contribution in [3.8, 4) is 0 Å². The van der Waals surface area contributed by atoms with Crippen molar-refractivity contribution in [1.29, 1.82) is 0 Å². The summed E-state index contributed by atoms with van der Waals surface area (Å²) in [7, 11) is 0. The lowest BCUT2D eigenvalue weighted by Crippen LogP contribution is -2.58. The highest BCUT2D eigenvalue weighted by Gasteiger charge is 2.49. The number of esters is 1. The molecule has 0 bridgehead atoms. The highest BCUT2D eigenvalue weighted by Crippen LogP contribution is 2.46. The average molecular weight is 546 g/mol. The Hall–Kier alpha value is -3.18. The van der Waals surface area contributed by atoms with Gasteiger partial charge in [-0.2, -0.15) is 0 Å². The number of nitrogens with zero attached hydrogens (tertiary/aromatic N) is 1. The highest BCUT2D eigenvalue weighted by atomic mass is 16.5. The number of rotatable bonds is 7. The van der Waals surface area contributed by atoms with Gasteiger partial charge in [0.1, 0.15) is 24.2 Å². The summed E-state index contributed by atoms with van der Waals surface area (Å²) in [5.41, 5.74) is 5.36. The minimum absolute atomic E-state index is 0.0166. The molecule has 3 heterocycles. The summed E-state index contributed by atoms with van der Waals surface area (Å²) in [5.74, 6) is -1.76. The van der Waals surface area contributed by atoms with E-state index < -0.39 is 42.3 Å². The fraction of sp³-hybridized carbons (Fsp3) is 0.778. The predicted octanol–water partition coefficient (Wildman–Crippen LogP) is -0.367. The lowest BCUT2D eigenvalue weighted by molar-refractivity contribution is -0.180. The van der Waals surface area contributed by atoms with Gasteiger partial charge in [0.15, 0.2) is 0 Å². The van der Waals surface area contributed by atoms with Gasteiger partial charge in [0.2, 0.25) is 29.5 Å². The number of ether oxygens (including phenoxy) is 1. The lowest BCUT2D eigenvalue weighted by atomic mass is 9.64. The van der Waals surface area contributed by atoms with Crippen molar-refractivity contribution in [3.05, 3.63) is 0 Å². The van der Waals surface area contributed by atoms with Crippen LogP contribution in [0.5, 0.6) is 0 Å². The van der Waals surface area contributed by atoms with Gasteiger partial charge in [-0.1, -0.05) is 12.8 Å². The standard InChI is InChI=1S/C27H39N5O7/c28-22(33)13-19(31-24(35)18-9-10-23(34)30-18)26(37)32-11-3-6-20(32)25(36)29-14-7-8-16-15-4-1-2-5-17(15)27(38)39-21(16)12-14/h14-21H,1-13H2,(H2,28,33)(H,29,36)(H,30,34)(H,31,35). The third kappa shape index (κ3) is 5.89. The Kier molecular flexibility index (Phi) is 8.08. The molecule has 5 amide bonds. The van der Waals surface area contributed by atoms with E-state index >= 15 is 0 Å². The summed E-state index contributed by atoms with van der Waals surface area (Å²) in [6.07, 6.45) is 7.43. The smallest absolute Gasteiger partial charge is 0.309 e. The molecule has 3 saturated heterocycles. The SMILES string of the molecule is NC(=O)CC(NC(=O)C1CCC(=O)N1)C(=O)N1CCCC1C(=O)NC1CCC2C(C1)OC(=O)C1CCCCC12. The number of carbonyl (C=O) groups is 6. The lowest BCUT2D eigenvalue weighted by Gasteiger charge is -2.48. The fourth-order valence-corrected chi connectivity index (χ4v) is 7.40. The quantitative estimate of drug-likeness (QED) is 0.315. The molecule has 5 aliphatic rings. The molecule has 3 aliphatic heterocycles. The van der Waals surface area contributed by atoms with E-state index in [1.165, 1.54) is 4.90 Å². The molecule has 8 unspecified atom stereocenters. The highest BCUT2D eigenvalue weighted by molar-refractivity contribution is 5.97. The Labute approximate surface area is 227 Å². The monoisotopic (exact) mass is 545 g/mol. The second-order valence-electron chi connectivity index (χ2n) is 11.8. The molecule has 5 N–H and O–H groups in total. The van der Waals surface area contributed by atoms with Gasteiger partial charge in [0, 0.05) is 25.4 Å². The first-order chi connectivity index (χ1) is 18.7. The summed E-state index contributed by atoms with van der Waals surface area (Å²) < 4.78 is 5.85. The maximum atomic E-state index is 13.4. The van der Waals surface area contributed by atoms with Crippen molar-refractivity contribution in [3.63, 3.8) is 0 Å². The molecule has 12 nitrogen and oxygen atoms in total. The van der Waals surface area contributed by atoms with Crippen molar-refractivity contribution >= 4 is 35.5 Å². The van der Waals surface area contributed by atoms with Crippen LogP contribution in [0.1, 0.15) is 77.0 Å².